The van der Waals surface area contributed by atoms with E-state index in [1.807, 2.05) is 12.1 Å². The topological polar surface area (TPSA) is 64.7 Å². The molecule has 0 amide bonds. The smallest absolute Gasteiger partial charge is 0.163 e. The molecule has 1 fully saturated rings. The molecule has 5 heteroatoms. The molecule has 2 heterocycles. The Bertz CT molecular complexity index is 579. The molecule has 0 saturated heterocycles. The summed E-state index contributed by atoms with van der Waals surface area (Å²) < 4.78 is 1.01. The normalized spacial score (nSPS) is 15.8. The second-order valence-electron chi connectivity index (χ2n) is 4.85. The van der Waals surface area contributed by atoms with Crippen LogP contribution < -0.4 is 5.73 Å². The van der Waals surface area contributed by atoms with Gasteiger partial charge in [-0.1, -0.05) is 12.8 Å². The summed E-state index contributed by atoms with van der Waals surface area (Å²) in [6.45, 7) is 0. The summed E-state index contributed by atoms with van der Waals surface area (Å²) in [4.78, 5) is 13.3. The third-order valence-electron chi connectivity index (χ3n) is 3.56. The Labute approximate surface area is 126 Å². The van der Waals surface area contributed by atoms with Gasteiger partial charge in [-0.25, -0.2) is 9.97 Å². The van der Waals surface area contributed by atoms with E-state index in [4.69, 9.17) is 10.7 Å². The van der Waals surface area contributed by atoms with E-state index in [2.05, 4.69) is 32.6 Å². The van der Waals surface area contributed by atoms with Gasteiger partial charge in [0.2, 0.25) is 0 Å². The molecule has 4 nitrogen and oxygen atoms in total. The van der Waals surface area contributed by atoms with Crippen molar-refractivity contribution < 1.29 is 0 Å². The summed E-state index contributed by atoms with van der Waals surface area (Å²) in [5, 5.41) is 0. The zero-order valence-corrected chi connectivity index (χ0v) is 12.7. The molecule has 0 atom stereocenters. The predicted octanol–water partition coefficient (Wildman–Crippen LogP) is 3.38. The van der Waals surface area contributed by atoms with Crippen molar-refractivity contribution in [3.05, 3.63) is 33.8 Å². The van der Waals surface area contributed by atoms with Crippen molar-refractivity contribution in [2.45, 2.75) is 31.6 Å². The van der Waals surface area contributed by atoms with Gasteiger partial charge in [-0.15, -0.1) is 0 Å². The highest BCUT2D eigenvalue weighted by atomic mass is 127. The highest BCUT2D eigenvalue weighted by Gasteiger charge is 2.23. The highest BCUT2D eigenvalue weighted by Crippen LogP contribution is 2.37. The van der Waals surface area contributed by atoms with E-state index in [0.29, 0.717) is 17.6 Å². The fourth-order valence-corrected chi connectivity index (χ4v) is 3.26. The first-order valence-electron chi connectivity index (χ1n) is 6.49. The van der Waals surface area contributed by atoms with Gasteiger partial charge in [-0.05, 0) is 47.6 Å². The molecular formula is C14H15IN4. The zero-order chi connectivity index (χ0) is 13.2. The summed E-state index contributed by atoms with van der Waals surface area (Å²) in [7, 11) is 0. The zero-order valence-electron chi connectivity index (χ0n) is 10.5. The number of nitrogens with two attached hydrogens (primary N) is 1. The van der Waals surface area contributed by atoms with E-state index in [9.17, 15) is 0 Å². The molecule has 0 aliphatic heterocycles. The van der Waals surface area contributed by atoms with Gasteiger partial charge in [0, 0.05) is 23.9 Å². The van der Waals surface area contributed by atoms with Crippen molar-refractivity contribution in [1.29, 1.82) is 0 Å². The van der Waals surface area contributed by atoms with Gasteiger partial charge < -0.3 is 5.73 Å². The summed E-state index contributed by atoms with van der Waals surface area (Å²) in [6, 6.07) is 3.86. The van der Waals surface area contributed by atoms with Gasteiger partial charge in [0.15, 0.2) is 5.82 Å². The third-order valence-corrected chi connectivity index (χ3v) is 4.67. The van der Waals surface area contributed by atoms with Crippen molar-refractivity contribution in [1.82, 2.24) is 15.0 Å². The van der Waals surface area contributed by atoms with E-state index < -0.39 is 0 Å². The Morgan fingerprint density at radius 3 is 2.68 bits per heavy atom. The fourth-order valence-electron chi connectivity index (χ4n) is 2.58. The fraction of sp³-hybridized carbons (Fsp3) is 0.357. The molecule has 1 aliphatic rings. The van der Waals surface area contributed by atoms with Crippen LogP contribution in [0, 0.1) is 3.57 Å². The molecule has 19 heavy (non-hydrogen) atoms. The van der Waals surface area contributed by atoms with E-state index in [0.717, 1.165) is 14.8 Å². The Hall–Kier alpha value is -1.24. The van der Waals surface area contributed by atoms with Crippen molar-refractivity contribution >= 4 is 28.4 Å². The Kier molecular flexibility index (Phi) is 3.63. The van der Waals surface area contributed by atoms with Crippen molar-refractivity contribution in [3.8, 4) is 11.4 Å². The van der Waals surface area contributed by atoms with Crippen LogP contribution in [0.15, 0.2) is 24.5 Å². The molecule has 2 aromatic rings. The molecule has 0 unspecified atom stereocenters. The van der Waals surface area contributed by atoms with Crippen molar-refractivity contribution in [2.75, 3.05) is 5.73 Å². The maximum absolute atomic E-state index is 6.05. The van der Waals surface area contributed by atoms with Gasteiger partial charge in [-0.3, -0.25) is 4.98 Å². The van der Waals surface area contributed by atoms with Crippen LogP contribution in [0.4, 0.5) is 5.82 Å². The number of aromatic nitrogens is 3. The van der Waals surface area contributed by atoms with Crippen LogP contribution in [0.1, 0.15) is 37.3 Å². The largest absolute Gasteiger partial charge is 0.383 e. The Morgan fingerprint density at radius 1 is 1.21 bits per heavy atom. The summed E-state index contributed by atoms with van der Waals surface area (Å²) in [5.41, 5.74) is 8.08. The monoisotopic (exact) mass is 366 g/mol. The van der Waals surface area contributed by atoms with E-state index in [1.165, 1.54) is 25.7 Å². The van der Waals surface area contributed by atoms with Gasteiger partial charge in [0.25, 0.3) is 0 Å². The molecule has 0 aromatic carbocycles. The number of hydrogen-bond donors (Lipinski definition) is 1. The lowest BCUT2D eigenvalue weighted by molar-refractivity contribution is 0.691. The molecule has 1 aliphatic carbocycles. The number of hydrogen-bond acceptors (Lipinski definition) is 4. The summed E-state index contributed by atoms with van der Waals surface area (Å²) in [6.07, 6.45) is 8.51. The van der Waals surface area contributed by atoms with Gasteiger partial charge >= 0.3 is 0 Å². The number of nitrogens with zero attached hydrogens (tertiary/aromatic N) is 3. The second kappa shape index (κ2) is 5.40. The minimum Gasteiger partial charge on any atom is -0.383 e. The van der Waals surface area contributed by atoms with Crippen LogP contribution in [0.2, 0.25) is 0 Å². The van der Waals surface area contributed by atoms with Crippen LogP contribution in [0.5, 0.6) is 0 Å². The van der Waals surface area contributed by atoms with Crippen LogP contribution >= 0.6 is 22.6 Å². The van der Waals surface area contributed by atoms with Crippen LogP contribution in [-0.4, -0.2) is 15.0 Å². The van der Waals surface area contributed by atoms with E-state index >= 15 is 0 Å². The number of nitrogen functional groups attached to an aromatic ring is 1. The average molecular weight is 366 g/mol. The van der Waals surface area contributed by atoms with Gasteiger partial charge in [-0.2, -0.15) is 0 Å². The number of rotatable bonds is 2. The average Bonchev–Trinajstić information content (AvgIpc) is 2.96. The number of pyridine rings is 1. The van der Waals surface area contributed by atoms with E-state index in [1.54, 1.807) is 12.4 Å². The maximum Gasteiger partial charge on any atom is 0.163 e. The minimum absolute atomic E-state index is 0.535. The Morgan fingerprint density at radius 2 is 2.00 bits per heavy atom. The van der Waals surface area contributed by atoms with Crippen LogP contribution in [0.25, 0.3) is 11.4 Å². The summed E-state index contributed by atoms with van der Waals surface area (Å²) >= 11 is 2.27. The molecule has 0 radical (unpaired) electrons. The minimum atomic E-state index is 0.535. The molecule has 2 aromatic heterocycles. The van der Waals surface area contributed by atoms with Crippen LogP contribution in [0.3, 0.4) is 0 Å². The van der Waals surface area contributed by atoms with Gasteiger partial charge in [0.1, 0.15) is 5.82 Å². The van der Waals surface area contributed by atoms with E-state index in [-0.39, 0.29) is 0 Å². The first-order valence-corrected chi connectivity index (χ1v) is 7.57. The number of anilines is 1. The molecule has 1 saturated carbocycles. The molecule has 2 N–H and O–H groups in total. The second-order valence-corrected chi connectivity index (χ2v) is 5.93. The lowest BCUT2D eigenvalue weighted by Gasteiger charge is -2.13. The van der Waals surface area contributed by atoms with Crippen LogP contribution in [-0.2, 0) is 0 Å². The summed E-state index contributed by atoms with van der Waals surface area (Å²) in [5.74, 6) is 1.80. The third kappa shape index (κ3) is 2.56. The number of halogens is 1. The standard InChI is InChI=1S/C14H15IN4/c15-11-12(9-4-1-2-5-9)18-14(19-13(11)16)10-6-3-7-17-8-10/h3,6-9H,1-2,4-5H2,(H2,16,18,19). The lowest BCUT2D eigenvalue weighted by Crippen LogP contribution is -2.08. The van der Waals surface area contributed by atoms with Crippen molar-refractivity contribution in [2.24, 2.45) is 0 Å². The van der Waals surface area contributed by atoms with Gasteiger partial charge in [0.05, 0.1) is 9.26 Å². The first kappa shape index (κ1) is 12.8. The first-order chi connectivity index (χ1) is 9.25. The lowest BCUT2D eigenvalue weighted by atomic mass is 10.0. The quantitative estimate of drug-likeness (QED) is 0.828. The molecule has 0 bridgehead atoms. The SMILES string of the molecule is Nc1nc(-c2cccnc2)nc(C2CCCC2)c1I. The van der Waals surface area contributed by atoms with Crippen molar-refractivity contribution in [3.63, 3.8) is 0 Å². The molecule has 3 rings (SSSR count). The maximum atomic E-state index is 6.05. The molecule has 98 valence electrons. The highest BCUT2D eigenvalue weighted by molar-refractivity contribution is 14.1. The predicted molar refractivity (Wildman–Crippen MR) is 83.6 cm³/mol. The Balaban J connectivity index is 2.07. The molecule has 0 spiro atoms. The molecular weight excluding hydrogens is 351 g/mol.